The van der Waals surface area contributed by atoms with Crippen LogP contribution in [0.4, 0.5) is 0 Å². The third-order valence-electron chi connectivity index (χ3n) is 2.90. The van der Waals surface area contributed by atoms with Gasteiger partial charge in [-0.3, -0.25) is 0 Å². The lowest BCUT2D eigenvalue weighted by Gasteiger charge is -2.28. The summed E-state index contributed by atoms with van der Waals surface area (Å²) in [7, 11) is 0. The lowest BCUT2D eigenvalue weighted by molar-refractivity contribution is -0.207. The maximum atomic E-state index is 10.2. The summed E-state index contributed by atoms with van der Waals surface area (Å²) >= 11 is 0. The summed E-state index contributed by atoms with van der Waals surface area (Å²) in [5, 5.41) is 20.4. The van der Waals surface area contributed by atoms with E-state index in [9.17, 15) is 10.2 Å². The Morgan fingerprint density at radius 1 is 0.696 bits per heavy atom. The molecule has 2 aromatic carbocycles. The Balaban J connectivity index is 1.80. The molecule has 2 unspecified atom stereocenters. The number of benzene rings is 2. The zero-order chi connectivity index (χ0) is 16.8. The van der Waals surface area contributed by atoms with Crippen molar-refractivity contribution in [3.05, 3.63) is 60.7 Å². The number of rotatable bonds is 8. The summed E-state index contributed by atoms with van der Waals surface area (Å²) in [6, 6.07) is 17.9. The van der Waals surface area contributed by atoms with E-state index in [0.29, 0.717) is 11.5 Å². The number of aliphatic hydroxyl groups is 2. The van der Waals surface area contributed by atoms with Gasteiger partial charge in [0.05, 0.1) is 0 Å². The SMILES string of the molecule is CC(O)(COCC(C)(O)Oc1ccccc1)Oc1ccccc1. The van der Waals surface area contributed by atoms with Gasteiger partial charge in [-0.05, 0) is 24.3 Å². The predicted octanol–water partition coefficient (Wildman–Crippen LogP) is 2.58. The molecule has 0 aliphatic heterocycles. The Morgan fingerprint density at radius 2 is 1.04 bits per heavy atom. The summed E-state index contributed by atoms with van der Waals surface area (Å²) in [5.74, 6) is -1.95. The summed E-state index contributed by atoms with van der Waals surface area (Å²) in [4.78, 5) is 0. The number of hydrogen-bond donors (Lipinski definition) is 2. The molecule has 5 heteroatoms. The average Bonchev–Trinajstić information content (AvgIpc) is 2.47. The molecule has 0 fully saturated rings. The van der Waals surface area contributed by atoms with Crippen LogP contribution in [0.15, 0.2) is 60.7 Å². The van der Waals surface area contributed by atoms with Crippen LogP contribution in [-0.2, 0) is 4.74 Å². The van der Waals surface area contributed by atoms with Crippen molar-refractivity contribution < 1.29 is 24.4 Å². The normalized spacial score (nSPS) is 16.2. The van der Waals surface area contributed by atoms with Crippen LogP contribution in [0.1, 0.15) is 13.8 Å². The average molecular weight is 318 g/mol. The highest BCUT2D eigenvalue weighted by Gasteiger charge is 2.27. The van der Waals surface area contributed by atoms with Crippen molar-refractivity contribution in [3.8, 4) is 11.5 Å². The second kappa shape index (κ2) is 7.46. The highest BCUT2D eigenvalue weighted by molar-refractivity contribution is 5.22. The molecule has 124 valence electrons. The molecule has 0 aromatic heterocycles. The first-order chi connectivity index (χ1) is 10.9. The molecule has 2 N–H and O–H groups in total. The fourth-order valence-corrected chi connectivity index (χ4v) is 1.97. The highest BCUT2D eigenvalue weighted by atomic mass is 16.7. The van der Waals surface area contributed by atoms with Gasteiger partial charge in [0.25, 0.3) is 0 Å². The van der Waals surface area contributed by atoms with Gasteiger partial charge in [0.2, 0.25) is 11.6 Å². The Hall–Kier alpha value is -2.08. The Bertz CT molecular complexity index is 527. The molecule has 2 rings (SSSR count). The fraction of sp³-hybridized carbons (Fsp3) is 0.333. The van der Waals surface area contributed by atoms with Gasteiger partial charge < -0.3 is 24.4 Å². The standard InChI is InChI=1S/C18H22O5/c1-17(19,22-15-9-5-3-6-10-15)13-21-14-18(2,20)23-16-11-7-4-8-12-16/h3-12,19-20H,13-14H2,1-2H3. The van der Waals surface area contributed by atoms with Crippen molar-refractivity contribution >= 4 is 0 Å². The number of ether oxygens (including phenoxy) is 3. The zero-order valence-electron chi connectivity index (χ0n) is 13.3. The maximum absolute atomic E-state index is 10.2. The Morgan fingerprint density at radius 3 is 1.39 bits per heavy atom. The quantitative estimate of drug-likeness (QED) is 0.732. The minimum absolute atomic E-state index is 0.115. The van der Waals surface area contributed by atoms with Crippen molar-refractivity contribution in [2.24, 2.45) is 0 Å². The molecule has 23 heavy (non-hydrogen) atoms. The van der Waals surface area contributed by atoms with Crippen molar-refractivity contribution in [1.29, 1.82) is 0 Å². The van der Waals surface area contributed by atoms with Crippen LogP contribution in [0.3, 0.4) is 0 Å². The number of para-hydroxylation sites is 2. The van der Waals surface area contributed by atoms with Crippen LogP contribution in [0.2, 0.25) is 0 Å². The predicted molar refractivity (Wildman–Crippen MR) is 86.2 cm³/mol. The first-order valence-corrected chi connectivity index (χ1v) is 7.37. The molecule has 5 nitrogen and oxygen atoms in total. The largest absolute Gasteiger partial charge is 0.460 e. The topological polar surface area (TPSA) is 68.2 Å². The van der Waals surface area contributed by atoms with E-state index in [1.807, 2.05) is 36.4 Å². The van der Waals surface area contributed by atoms with Crippen molar-refractivity contribution in [3.63, 3.8) is 0 Å². The number of hydrogen-bond acceptors (Lipinski definition) is 5. The first kappa shape index (κ1) is 17.3. The van der Waals surface area contributed by atoms with E-state index in [-0.39, 0.29) is 13.2 Å². The van der Waals surface area contributed by atoms with Crippen LogP contribution < -0.4 is 9.47 Å². The second-order valence-corrected chi connectivity index (χ2v) is 5.67. The van der Waals surface area contributed by atoms with Gasteiger partial charge in [0, 0.05) is 13.8 Å². The van der Waals surface area contributed by atoms with Crippen LogP contribution in [-0.4, -0.2) is 35.0 Å². The minimum Gasteiger partial charge on any atom is -0.460 e. The molecule has 2 atom stereocenters. The van der Waals surface area contributed by atoms with E-state index in [1.54, 1.807) is 24.3 Å². The molecule has 0 aliphatic rings. The molecule has 0 bridgehead atoms. The summed E-state index contributed by atoms with van der Waals surface area (Å²) in [6.07, 6.45) is 0. The summed E-state index contributed by atoms with van der Waals surface area (Å²) < 4.78 is 16.2. The smallest absolute Gasteiger partial charge is 0.228 e. The Labute approximate surface area is 136 Å². The van der Waals surface area contributed by atoms with Gasteiger partial charge in [0.1, 0.15) is 24.7 Å². The molecule has 2 aromatic rings. The van der Waals surface area contributed by atoms with E-state index in [2.05, 4.69) is 0 Å². The molecule has 0 radical (unpaired) electrons. The summed E-state index contributed by atoms with van der Waals surface area (Å²) in [5.41, 5.74) is 0. The highest BCUT2D eigenvalue weighted by Crippen LogP contribution is 2.19. The van der Waals surface area contributed by atoms with Crippen LogP contribution in [0, 0.1) is 0 Å². The van der Waals surface area contributed by atoms with Gasteiger partial charge in [-0.25, -0.2) is 0 Å². The molecule has 0 aliphatic carbocycles. The van der Waals surface area contributed by atoms with E-state index in [1.165, 1.54) is 13.8 Å². The van der Waals surface area contributed by atoms with E-state index in [4.69, 9.17) is 14.2 Å². The monoisotopic (exact) mass is 318 g/mol. The van der Waals surface area contributed by atoms with E-state index < -0.39 is 11.6 Å². The van der Waals surface area contributed by atoms with Gasteiger partial charge in [0.15, 0.2) is 0 Å². The van der Waals surface area contributed by atoms with Gasteiger partial charge in [-0.1, -0.05) is 36.4 Å². The minimum atomic E-state index is -1.51. The molecule has 0 amide bonds. The maximum Gasteiger partial charge on any atom is 0.228 e. The van der Waals surface area contributed by atoms with Crippen LogP contribution >= 0.6 is 0 Å². The van der Waals surface area contributed by atoms with Crippen LogP contribution in [0.25, 0.3) is 0 Å². The van der Waals surface area contributed by atoms with Gasteiger partial charge in [-0.2, -0.15) is 0 Å². The van der Waals surface area contributed by atoms with Gasteiger partial charge in [-0.15, -0.1) is 0 Å². The molecule has 0 saturated heterocycles. The molecular weight excluding hydrogens is 296 g/mol. The van der Waals surface area contributed by atoms with Crippen molar-refractivity contribution in [2.75, 3.05) is 13.2 Å². The molecule has 0 heterocycles. The fourth-order valence-electron chi connectivity index (χ4n) is 1.97. The zero-order valence-corrected chi connectivity index (χ0v) is 13.3. The second-order valence-electron chi connectivity index (χ2n) is 5.67. The lowest BCUT2D eigenvalue weighted by Crippen LogP contribution is -2.42. The first-order valence-electron chi connectivity index (χ1n) is 7.37. The Kier molecular flexibility index (Phi) is 5.60. The van der Waals surface area contributed by atoms with E-state index >= 15 is 0 Å². The van der Waals surface area contributed by atoms with Crippen molar-refractivity contribution in [1.82, 2.24) is 0 Å². The molecule has 0 saturated carbocycles. The van der Waals surface area contributed by atoms with Crippen molar-refractivity contribution in [2.45, 2.75) is 25.4 Å². The van der Waals surface area contributed by atoms with E-state index in [0.717, 1.165) is 0 Å². The van der Waals surface area contributed by atoms with Gasteiger partial charge >= 0.3 is 0 Å². The lowest BCUT2D eigenvalue weighted by atomic mass is 10.3. The molecule has 0 spiro atoms. The summed E-state index contributed by atoms with van der Waals surface area (Å²) in [6.45, 7) is 2.76. The third-order valence-corrected chi connectivity index (χ3v) is 2.90. The third kappa shape index (κ3) is 6.28. The molecular formula is C18H22O5. The van der Waals surface area contributed by atoms with Crippen LogP contribution in [0.5, 0.6) is 11.5 Å².